The third-order valence-electron chi connectivity index (χ3n) is 3.54. The minimum Gasteiger partial charge on any atom is -0.342 e. The summed E-state index contributed by atoms with van der Waals surface area (Å²) in [6.07, 6.45) is 2.71. The molecule has 0 radical (unpaired) electrons. The summed E-state index contributed by atoms with van der Waals surface area (Å²) in [4.78, 5) is 26.7. The number of rotatable bonds is 5. The molecule has 0 aromatic carbocycles. The molecule has 2 unspecified atom stereocenters. The van der Waals surface area contributed by atoms with E-state index in [0.29, 0.717) is 18.9 Å². The Balaban J connectivity index is 2.98. The van der Waals surface area contributed by atoms with Gasteiger partial charge in [0, 0.05) is 6.54 Å². The largest absolute Gasteiger partial charge is 0.342 e. The number of amides is 2. The second-order valence-corrected chi connectivity index (χ2v) is 6.65. The second-order valence-electron chi connectivity index (χ2n) is 6.65. The van der Waals surface area contributed by atoms with E-state index in [2.05, 4.69) is 19.2 Å². The molecule has 0 spiro atoms. The first kappa shape index (κ1) is 16.7. The molecule has 0 saturated carbocycles. The normalized spacial score (nSPS) is 23.3. The van der Waals surface area contributed by atoms with Crippen LogP contribution in [0.2, 0.25) is 0 Å². The van der Waals surface area contributed by atoms with Crippen LogP contribution in [-0.2, 0) is 9.59 Å². The van der Waals surface area contributed by atoms with E-state index >= 15 is 0 Å². The van der Waals surface area contributed by atoms with Crippen LogP contribution in [0.1, 0.15) is 48.0 Å². The quantitative estimate of drug-likeness (QED) is 0.786. The number of hydrogen-bond donors (Lipinski definition) is 1. The lowest BCUT2D eigenvalue weighted by atomic mass is 9.93. The predicted octanol–water partition coefficient (Wildman–Crippen LogP) is 2.35. The zero-order valence-corrected chi connectivity index (χ0v) is 13.6. The topological polar surface area (TPSA) is 49.4 Å². The van der Waals surface area contributed by atoms with Crippen molar-refractivity contribution in [3.63, 3.8) is 0 Å². The summed E-state index contributed by atoms with van der Waals surface area (Å²) in [6, 6.07) is -0.732. The van der Waals surface area contributed by atoms with Gasteiger partial charge >= 0.3 is 0 Å². The molecular weight excluding hydrogens is 252 g/mol. The number of nitrogens with one attached hydrogen (secondary N) is 1. The lowest BCUT2D eigenvalue weighted by Crippen LogP contribution is -2.64. The molecule has 0 bridgehead atoms. The Morgan fingerprint density at radius 1 is 1.25 bits per heavy atom. The molecule has 4 heteroatoms. The summed E-state index contributed by atoms with van der Waals surface area (Å²) in [5.74, 6) is 0.525. The highest BCUT2D eigenvalue weighted by Gasteiger charge is 2.41. The molecule has 1 aliphatic heterocycles. The standard InChI is InChI=1S/C16H28N2O2/c1-10(2)7-8-18-14(12(5)6)15(19)17-13(16(18)20)9-11(3)4/h7,11-14H,8-9H2,1-6H3,(H,17,19). The van der Waals surface area contributed by atoms with E-state index in [1.807, 2.05) is 33.8 Å². The van der Waals surface area contributed by atoms with Crippen molar-refractivity contribution >= 4 is 11.8 Å². The molecule has 0 aromatic heterocycles. The first-order valence-corrected chi connectivity index (χ1v) is 7.48. The Morgan fingerprint density at radius 2 is 1.85 bits per heavy atom. The first-order valence-electron chi connectivity index (χ1n) is 7.48. The molecule has 4 nitrogen and oxygen atoms in total. The zero-order valence-electron chi connectivity index (χ0n) is 13.6. The number of hydrogen-bond acceptors (Lipinski definition) is 2. The molecule has 0 aliphatic carbocycles. The van der Waals surface area contributed by atoms with Crippen LogP contribution in [0.5, 0.6) is 0 Å². The summed E-state index contributed by atoms with van der Waals surface area (Å²) in [6.45, 7) is 12.6. The van der Waals surface area contributed by atoms with Crippen molar-refractivity contribution in [1.29, 1.82) is 0 Å². The van der Waals surface area contributed by atoms with Crippen LogP contribution >= 0.6 is 0 Å². The van der Waals surface area contributed by atoms with Crippen molar-refractivity contribution < 1.29 is 9.59 Å². The summed E-state index contributed by atoms with van der Waals surface area (Å²) in [5.41, 5.74) is 1.16. The molecule has 1 aliphatic rings. The molecule has 1 fully saturated rings. The first-order chi connectivity index (χ1) is 9.23. The highest BCUT2D eigenvalue weighted by atomic mass is 16.2. The summed E-state index contributed by atoms with van der Waals surface area (Å²) in [5, 5.41) is 2.90. The van der Waals surface area contributed by atoms with Crippen LogP contribution in [0.25, 0.3) is 0 Å². The smallest absolute Gasteiger partial charge is 0.246 e. The van der Waals surface area contributed by atoms with Crippen LogP contribution in [-0.4, -0.2) is 35.3 Å². The minimum absolute atomic E-state index is 0.0209. The fourth-order valence-corrected chi connectivity index (χ4v) is 2.58. The van der Waals surface area contributed by atoms with Gasteiger partial charge in [0.15, 0.2) is 0 Å². The number of carbonyl (C=O) groups excluding carboxylic acids is 2. The van der Waals surface area contributed by atoms with Gasteiger partial charge in [0.25, 0.3) is 0 Å². The Morgan fingerprint density at radius 3 is 2.30 bits per heavy atom. The third kappa shape index (κ3) is 4.09. The van der Waals surface area contributed by atoms with Gasteiger partial charge in [-0.05, 0) is 32.1 Å². The molecule has 2 amide bonds. The van der Waals surface area contributed by atoms with E-state index in [1.165, 1.54) is 0 Å². The zero-order chi connectivity index (χ0) is 15.4. The number of carbonyl (C=O) groups is 2. The highest BCUT2D eigenvalue weighted by molar-refractivity contribution is 5.97. The fraction of sp³-hybridized carbons (Fsp3) is 0.750. The molecule has 1 heterocycles. The molecule has 1 rings (SSSR count). The van der Waals surface area contributed by atoms with E-state index in [4.69, 9.17) is 0 Å². The van der Waals surface area contributed by atoms with Gasteiger partial charge in [0.2, 0.25) is 11.8 Å². The molecular formula is C16H28N2O2. The predicted molar refractivity (Wildman–Crippen MR) is 81.2 cm³/mol. The summed E-state index contributed by atoms with van der Waals surface area (Å²) >= 11 is 0. The van der Waals surface area contributed by atoms with Crippen LogP contribution < -0.4 is 5.32 Å². The number of allylic oxidation sites excluding steroid dienone is 1. The van der Waals surface area contributed by atoms with Gasteiger partial charge in [0.1, 0.15) is 12.1 Å². The molecule has 0 aromatic rings. The van der Waals surface area contributed by atoms with Crippen molar-refractivity contribution in [1.82, 2.24) is 10.2 Å². The highest BCUT2D eigenvalue weighted by Crippen LogP contribution is 2.20. The molecule has 1 N–H and O–H groups in total. The molecule has 2 atom stereocenters. The second kappa shape index (κ2) is 6.91. The number of piperazine rings is 1. The van der Waals surface area contributed by atoms with E-state index in [0.717, 1.165) is 5.57 Å². The average molecular weight is 280 g/mol. The van der Waals surface area contributed by atoms with Gasteiger partial charge < -0.3 is 10.2 Å². The molecule has 114 valence electrons. The summed E-state index contributed by atoms with van der Waals surface area (Å²) < 4.78 is 0. The van der Waals surface area contributed by atoms with Gasteiger partial charge in [-0.25, -0.2) is 0 Å². The lowest BCUT2D eigenvalue weighted by molar-refractivity contribution is -0.150. The van der Waals surface area contributed by atoms with Crippen LogP contribution in [0.3, 0.4) is 0 Å². The van der Waals surface area contributed by atoms with E-state index in [9.17, 15) is 9.59 Å². The fourth-order valence-electron chi connectivity index (χ4n) is 2.58. The van der Waals surface area contributed by atoms with Crippen LogP contribution in [0.4, 0.5) is 0 Å². The van der Waals surface area contributed by atoms with Gasteiger partial charge in [-0.3, -0.25) is 9.59 Å². The average Bonchev–Trinajstić information content (AvgIpc) is 2.29. The number of nitrogens with zero attached hydrogens (tertiary/aromatic N) is 1. The maximum atomic E-state index is 12.6. The van der Waals surface area contributed by atoms with Crippen molar-refractivity contribution in [2.24, 2.45) is 11.8 Å². The minimum atomic E-state index is -0.372. The van der Waals surface area contributed by atoms with E-state index in [1.54, 1.807) is 4.90 Å². The monoisotopic (exact) mass is 280 g/mol. The molecule has 20 heavy (non-hydrogen) atoms. The maximum Gasteiger partial charge on any atom is 0.246 e. The molecule has 1 saturated heterocycles. The van der Waals surface area contributed by atoms with Gasteiger partial charge in [0.05, 0.1) is 0 Å². The van der Waals surface area contributed by atoms with E-state index < -0.39 is 0 Å². The van der Waals surface area contributed by atoms with Crippen molar-refractivity contribution in [2.45, 2.75) is 60.0 Å². The van der Waals surface area contributed by atoms with Crippen molar-refractivity contribution in [2.75, 3.05) is 6.54 Å². The SMILES string of the molecule is CC(C)=CCN1C(=O)C(CC(C)C)NC(=O)C1C(C)C. The third-order valence-corrected chi connectivity index (χ3v) is 3.54. The van der Waals surface area contributed by atoms with Crippen molar-refractivity contribution in [3.05, 3.63) is 11.6 Å². The van der Waals surface area contributed by atoms with E-state index in [-0.39, 0.29) is 29.8 Å². The summed E-state index contributed by atoms with van der Waals surface area (Å²) in [7, 11) is 0. The maximum absolute atomic E-state index is 12.6. The van der Waals surface area contributed by atoms with Crippen molar-refractivity contribution in [3.8, 4) is 0 Å². The van der Waals surface area contributed by atoms with Gasteiger partial charge in [-0.1, -0.05) is 39.3 Å². The van der Waals surface area contributed by atoms with Crippen LogP contribution in [0.15, 0.2) is 11.6 Å². The van der Waals surface area contributed by atoms with Gasteiger partial charge in [-0.2, -0.15) is 0 Å². The Kier molecular flexibility index (Phi) is 5.78. The van der Waals surface area contributed by atoms with Gasteiger partial charge in [-0.15, -0.1) is 0 Å². The Hall–Kier alpha value is -1.32. The van der Waals surface area contributed by atoms with Crippen LogP contribution in [0, 0.1) is 11.8 Å². The Bertz CT molecular complexity index is 395. The Labute approximate surface area is 122 Å². The lowest BCUT2D eigenvalue weighted by Gasteiger charge is -2.40.